The van der Waals surface area contributed by atoms with Crippen molar-refractivity contribution in [3.8, 4) is 0 Å². The van der Waals surface area contributed by atoms with E-state index in [0.29, 0.717) is 13.0 Å². The van der Waals surface area contributed by atoms with Gasteiger partial charge in [-0.3, -0.25) is 4.79 Å². The average molecular weight is 859 g/mol. The zero-order valence-corrected chi connectivity index (χ0v) is 38.6. The molecule has 0 spiro atoms. The van der Waals surface area contributed by atoms with Crippen LogP contribution in [-0.4, -0.2) is 89.6 Å². The number of allylic oxidation sites excluding steroid dienone is 12. The second-order valence-electron chi connectivity index (χ2n) is 16.5. The number of esters is 1. The molecule has 0 bridgehead atoms. The molecule has 6 atom stereocenters. The highest BCUT2D eigenvalue weighted by atomic mass is 16.7. The maximum atomic E-state index is 12.8. The molecule has 9 heteroatoms. The lowest BCUT2D eigenvalue weighted by molar-refractivity contribution is -0.305. The van der Waals surface area contributed by atoms with Crippen LogP contribution < -0.4 is 0 Å². The summed E-state index contributed by atoms with van der Waals surface area (Å²) in [6.45, 7) is 4.40. The van der Waals surface area contributed by atoms with Crippen molar-refractivity contribution in [2.75, 3.05) is 26.4 Å². The van der Waals surface area contributed by atoms with Crippen LogP contribution in [-0.2, 0) is 23.7 Å². The van der Waals surface area contributed by atoms with Crippen molar-refractivity contribution in [3.05, 3.63) is 72.9 Å². The smallest absolute Gasteiger partial charge is 0.306 e. The van der Waals surface area contributed by atoms with Gasteiger partial charge in [0.25, 0.3) is 0 Å². The van der Waals surface area contributed by atoms with E-state index in [1.165, 1.54) is 83.5 Å². The van der Waals surface area contributed by atoms with Crippen LogP contribution in [0, 0.1) is 0 Å². The van der Waals surface area contributed by atoms with Gasteiger partial charge in [-0.05, 0) is 83.5 Å². The lowest BCUT2D eigenvalue weighted by Crippen LogP contribution is -2.59. The van der Waals surface area contributed by atoms with Gasteiger partial charge < -0.3 is 39.4 Å². The fourth-order valence-electron chi connectivity index (χ4n) is 7.04. The second-order valence-corrected chi connectivity index (χ2v) is 16.5. The minimum absolute atomic E-state index is 0.125. The molecular formula is C52H90O9. The van der Waals surface area contributed by atoms with Crippen molar-refractivity contribution in [2.45, 2.75) is 224 Å². The van der Waals surface area contributed by atoms with E-state index < -0.39 is 43.4 Å². The van der Waals surface area contributed by atoms with Gasteiger partial charge in [0.15, 0.2) is 6.29 Å². The summed E-state index contributed by atoms with van der Waals surface area (Å²) in [4.78, 5) is 12.8. The molecule has 4 N–H and O–H groups in total. The minimum atomic E-state index is -1.54. The molecule has 0 aromatic heterocycles. The SMILES string of the molecule is CC/C=C\C/C=C\C/C=C\C/C=C\CCCCCCCCC(=O)OC(COCCCCCCCCCC/C=C\C/C=C\CCCCCC)COC1OC(CO)C(O)C(O)C1O. The summed E-state index contributed by atoms with van der Waals surface area (Å²) >= 11 is 0. The lowest BCUT2D eigenvalue weighted by atomic mass is 9.99. The molecule has 0 aromatic rings. The van der Waals surface area contributed by atoms with E-state index in [2.05, 4.69) is 86.8 Å². The number of hydrogen-bond donors (Lipinski definition) is 4. The summed E-state index contributed by atoms with van der Waals surface area (Å²) in [6.07, 6.45) is 49.2. The number of aliphatic hydroxyl groups is 4. The van der Waals surface area contributed by atoms with Crippen LogP contribution in [0.25, 0.3) is 0 Å². The lowest BCUT2D eigenvalue weighted by Gasteiger charge is -2.39. The van der Waals surface area contributed by atoms with Gasteiger partial charge in [-0.2, -0.15) is 0 Å². The van der Waals surface area contributed by atoms with E-state index in [1.54, 1.807) is 0 Å². The molecule has 1 aliphatic heterocycles. The van der Waals surface area contributed by atoms with Gasteiger partial charge in [0, 0.05) is 13.0 Å². The number of carbonyl (C=O) groups excluding carboxylic acids is 1. The molecule has 1 heterocycles. The summed E-state index contributed by atoms with van der Waals surface area (Å²) in [6, 6.07) is 0. The average Bonchev–Trinajstić information content (AvgIpc) is 3.26. The van der Waals surface area contributed by atoms with Gasteiger partial charge >= 0.3 is 5.97 Å². The van der Waals surface area contributed by atoms with Crippen LogP contribution in [0.4, 0.5) is 0 Å². The molecular weight excluding hydrogens is 769 g/mol. The van der Waals surface area contributed by atoms with E-state index in [1.807, 2.05) is 0 Å². The van der Waals surface area contributed by atoms with Crippen molar-refractivity contribution in [1.82, 2.24) is 0 Å². The molecule has 0 aromatic carbocycles. The van der Waals surface area contributed by atoms with E-state index in [-0.39, 0.29) is 19.2 Å². The monoisotopic (exact) mass is 859 g/mol. The van der Waals surface area contributed by atoms with Crippen LogP contribution in [0.3, 0.4) is 0 Å². The first-order valence-electron chi connectivity index (χ1n) is 24.5. The first kappa shape index (κ1) is 56.6. The molecule has 1 saturated heterocycles. The van der Waals surface area contributed by atoms with Gasteiger partial charge in [0.1, 0.15) is 30.5 Å². The zero-order valence-electron chi connectivity index (χ0n) is 38.6. The largest absolute Gasteiger partial charge is 0.457 e. The normalized spacial score (nSPS) is 20.5. The number of hydrogen-bond acceptors (Lipinski definition) is 9. The maximum Gasteiger partial charge on any atom is 0.306 e. The van der Waals surface area contributed by atoms with Gasteiger partial charge in [0.05, 0.1) is 19.8 Å². The zero-order chi connectivity index (χ0) is 44.3. The predicted molar refractivity (Wildman–Crippen MR) is 251 cm³/mol. The molecule has 0 saturated carbocycles. The maximum absolute atomic E-state index is 12.8. The van der Waals surface area contributed by atoms with Crippen LogP contribution in [0.2, 0.25) is 0 Å². The van der Waals surface area contributed by atoms with Crippen molar-refractivity contribution in [1.29, 1.82) is 0 Å². The van der Waals surface area contributed by atoms with Crippen LogP contribution >= 0.6 is 0 Å². The quantitative estimate of drug-likeness (QED) is 0.0269. The topological polar surface area (TPSA) is 135 Å². The number of aliphatic hydroxyl groups excluding tert-OH is 4. The number of carbonyl (C=O) groups is 1. The Hall–Kier alpha value is -2.37. The first-order valence-corrected chi connectivity index (χ1v) is 24.5. The summed E-state index contributed by atoms with van der Waals surface area (Å²) < 4.78 is 22.9. The molecule has 0 amide bonds. The van der Waals surface area contributed by atoms with Gasteiger partial charge in [0.2, 0.25) is 0 Å². The first-order chi connectivity index (χ1) is 29.9. The molecule has 6 unspecified atom stereocenters. The Balaban J connectivity index is 2.25. The van der Waals surface area contributed by atoms with Gasteiger partial charge in [-0.15, -0.1) is 0 Å². The Morgan fingerprint density at radius 2 is 1.00 bits per heavy atom. The molecule has 61 heavy (non-hydrogen) atoms. The highest BCUT2D eigenvalue weighted by Gasteiger charge is 2.44. The molecule has 1 aliphatic rings. The van der Waals surface area contributed by atoms with Crippen molar-refractivity contribution >= 4 is 5.97 Å². The number of rotatable bonds is 41. The van der Waals surface area contributed by atoms with Crippen LogP contribution in [0.15, 0.2) is 72.9 Å². The Labute approximate surface area is 372 Å². The summed E-state index contributed by atoms with van der Waals surface area (Å²) in [5.41, 5.74) is 0. The van der Waals surface area contributed by atoms with Gasteiger partial charge in [-0.25, -0.2) is 0 Å². The van der Waals surface area contributed by atoms with Crippen molar-refractivity contribution in [3.63, 3.8) is 0 Å². The summed E-state index contributed by atoms with van der Waals surface area (Å²) in [5.74, 6) is -0.331. The number of ether oxygens (including phenoxy) is 4. The standard InChI is InChI=1S/C52H90O9/c1-3-5-7-9-11-13-15-17-19-21-23-25-27-29-31-33-35-37-39-41-48(54)60-46(45-59-52-51(57)50(56)49(55)47(43-53)61-52)44-58-42-40-38-36-34-32-30-28-26-24-22-20-18-16-14-12-10-8-6-4-2/h5,7,11,13-14,16-17,19-20,22-23,25,46-47,49-53,55-57H,3-4,6,8-10,12,15,18,21,24,26-45H2,1-2H3/b7-5-,13-11-,16-14-,19-17-,22-20-,25-23-. The Morgan fingerprint density at radius 3 is 1.51 bits per heavy atom. The van der Waals surface area contributed by atoms with E-state index in [4.69, 9.17) is 18.9 Å². The van der Waals surface area contributed by atoms with E-state index in [0.717, 1.165) is 83.5 Å². The van der Waals surface area contributed by atoms with E-state index in [9.17, 15) is 25.2 Å². The predicted octanol–water partition coefficient (Wildman–Crippen LogP) is 11.6. The Morgan fingerprint density at radius 1 is 0.541 bits per heavy atom. The van der Waals surface area contributed by atoms with Crippen LogP contribution in [0.1, 0.15) is 187 Å². The third kappa shape index (κ3) is 33.8. The van der Waals surface area contributed by atoms with Gasteiger partial charge in [-0.1, -0.05) is 170 Å². The van der Waals surface area contributed by atoms with Crippen LogP contribution in [0.5, 0.6) is 0 Å². The molecule has 0 aliphatic carbocycles. The van der Waals surface area contributed by atoms with Crippen molar-refractivity contribution in [2.24, 2.45) is 0 Å². The fourth-order valence-corrected chi connectivity index (χ4v) is 7.04. The Kier molecular flexibility index (Phi) is 39.8. The fraction of sp³-hybridized carbons (Fsp3) is 0.750. The number of unbranched alkanes of at least 4 members (excludes halogenated alkanes) is 18. The molecule has 9 nitrogen and oxygen atoms in total. The summed E-state index contributed by atoms with van der Waals surface area (Å²) in [7, 11) is 0. The third-order valence-electron chi connectivity index (χ3n) is 10.9. The highest BCUT2D eigenvalue weighted by molar-refractivity contribution is 5.69. The Bertz CT molecular complexity index is 1160. The molecule has 0 radical (unpaired) electrons. The van der Waals surface area contributed by atoms with Crippen molar-refractivity contribution < 1.29 is 44.2 Å². The molecule has 1 fully saturated rings. The summed E-state index contributed by atoms with van der Waals surface area (Å²) in [5, 5.41) is 40.2. The van der Waals surface area contributed by atoms with E-state index >= 15 is 0 Å². The third-order valence-corrected chi connectivity index (χ3v) is 10.9. The second kappa shape index (κ2) is 42.9. The minimum Gasteiger partial charge on any atom is -0.457 e. The highest BCUT2D eigenvalue weighted by Crippen LogP contribution is 2.22. The molecule has 1 rings (SSSR count). The molecule has 352 valence electrons.